The summed E-state index contributed by atoms with van der Waals surface area (Å²) in [5.41, 5.74) is 3.87. The number of nitriles is 1. The van der Waals surface area contributed by atoms with Crippen molar-refractivity contribution in [1.29, 1.82) is 5.26 Å². The molecule has 2 aromatic rings. The van der Waals surface area contributed by atoms with Crippen molar-refractivity contribution in [2.24, 2.45) is 0 Å². The fourth-order valence-electron chi connectivity index (χ4n) is 3.08. The fourth-order valence-corrected chi connectivity index (χ4v) is 4.38. The highest BCUT2D eigenvalue weighted by atomic mass is 32.2. The molecule has 1 aliphatic heterocycles. The molecule has 0 aliphatic carbocycles. The first-order chi connectivity index (χ1) is 13.5. The van der Waals surface area contributed by atoms with Gasteiger partial charge in [0.25, 0.3) is 5.91 Å². The maximum Gasteiger partial charge on any atom is 0.264 e. The monoisotopic (exact) mass is 391 g/mol. The summed E-state index contributed by atoms with van der Waals surface area (Å²) in [4.78, 5) is 27.0. The van der Waals surface area contributed by atoms with Gasteiger partial charge in [0, 0.05) is 12.7 Å². The number of thioether (sulfide) groups is 1. The van der Waals surface area contributed by atoms with Crippen molar-refractivity contribution in [3.8, 4) is 6.07 Å². The molecule has 0 aromatic heterocycles. The van der Waals surface area contributed by atoms with E-state index in [2.05, 4.69) is 5.32 Å². The number of nitrogens with zero attached hydrogens (tertiary/aromatic N) is 2. The number of likely N-dealkylation sites (N-methyl/N-ethyl adjacent to an activating group) is 1. The normalized spacial score (nSPS) is 18.0. The van der Waals surface area contributed by atoms with Gasteiger partial charge in [0.2, 0.25) is 5.91 Å². The van der Waals surface area contributed by atoms with Crippen LogP contribution in [0, 0.1) is 25.2 Å². The van der Waals surface area contributed by atoms with E-state index in [0.29, 0.717) is 17.1 Å². The Morgan fingerprint density at radius 3 is 2.46 bits per heavy atom. The zero-order valence-corrected chi connectivity index (χ0v) is 16.8. The van der Waals surface area contributed by atoms with Crippen LogP contribution in [0.1, 0.15) is 16.7 Å². The summed E-state index contributed by atoms with van der Waals surface area (Å²) in [7, 11) is 1.47. The first-order valence-electron chi connectivity index (χ1n) is 8.94. The second kappa shape index (κ2) is 8.32. The third-order valence-corrected chi connectivity index (χ3v) is 5.95. The summed E-state index contributed by atoms with van der Waals surface area (Å²) in [5, 5.41) is 12.1. The van der Waals surface area contributed by atoms with Gasteiger partial charge < -0.3 is 5.32 Å². The number of aryl methyl sites for hydroxylation is 2. The summed E-state index contributed by atoms with van der Waals surface area (Å²) in [6.45, 7) is 3.98. The number of rotatable bonds is 4. The molecular formula is C22H21N3O2S. The van der Waals surface area contributed by atoms with Gasteiger partial charge >= 0.3 is 0 Å². The molecule has 1 aliphatic rings. The molecule has 0 spiro atoms. The largest absolute Gasteiger partial charge is 0.354 e. The molecule has 1 N–H and O–H groups in total. The van der Waals surface area contributed by atoms with Crippen LogP contribution in [0.2, 0.25) is 0 Å². The molecule has 0 radical (unpaired) electrons. The lowest BCUT2D eigenvalue weighted by molar-refractivity contribution is -0.117. The second-order valence-electron chi connectivity index (χ2n) is 6.62. The minimum Gasteiger partial charge on any atom is -0.354 e. The van der Waals surface area contributed by atoms with E-state index in [0.717, 1.165) is 16.7 Å². The van der Waals surface area contributed by atoms with Gasteiger partial charge in [0.1, 0.15) is 16.7 Å². The molecule has 1 saturated heterocycles. The van der Waals surface area contributed by atoms with Gasteiger partial charge in [-0.3, -0.25) is 14.5 Å². The van der Waals surface area contributed by atoms with Gasteiger partial charge in [-0.05, 0) is 43.5 Å². The molecule has 28 heavy (non-hydrogen) atoms. The number of carbonyl (C=O) groups excluding carboxylic acids is 2. The van der Waals surface area contributed by atoms with Crippen molar-refractivity contribution in [3.63, 3.8) is 0 Å². The molecule has 142 valence electrons. The molecule has 1 heterocycles. The molecule has 0 saturated carbocycles. The van der Waals surface area contributed by atoms with Gasteiger partial charge in [-0.1, -0.05) is 53.7 Å². The summed E-state index contributed by atoms with van der Waals surface area (Å²) < 4.78 is 0. The summed E-state index contributed by atoms with van der Waals surface area (Å²) in [6, 6.07) is 17.4. The third-order valence-electron chi connectivity index (χ3n) is 4.69. The average molecular weight is 391 g/mol. The van der Waals surface area contributed by atoms with E-state index < -0.39 is 11.2 Å². The molecule has 6 heteroatoms. The number of anilines is 1. The van der Waals surface area contributed by atoms with Crippen molar-refractivity contribution in [1.82, 2.24) is 5.32 Å². The van der Waals surface area contributed by atoms with Crippen molar-refractivity contribution in [2.75, 3.05) is 11.9 Å². The van der Waals surface area contributed by atoms with Gasteiger partial charge in [0.15, 0.2) is 0 Å². The third kappa shape index (κ3) is 3.80. The molecule has 0 unspecified atom stereocenters. The van der Waals surface area contributed by atoms with Crippen LogP contribution in [0.15, 0.2) is 59.1 Å². The lowest BCUT2D eigenvalue weighted by Crippen LogP contribution is -2.31. The quantitative estimate of drug-likeness (QED) is 0.640. The van der Waals surface area contributed by atoms with E-state index >= 15 is 0 Å². The van der Waals surface area contributed by atoms with Crippen molar-refractivity contribution in [3.05, 3.63) is 75.8 Å². The van der Waals surface area contributed by atoms with E-state index in [1.54, 1.807) is 0 Å². The number of benzene rings is 2. The van der Waals surface area contributed by atoms with Gasteiger partial charge in [-0.2, -0.15) is 5.26 Å². The molecule has 2 amide bonds. The number of nitrogens with one attached hydrogen (secondary N) is 1. The number of hydrogen-bond donors (Lipinski definition) is 1. The standard InChI is InChI=1S/C22H21N3O2S/c1-14-8-10-17(11-9-14)25-21(27)19(12-16-7-5-4-6-15(16)2)28-22(25)18(13-23)20(26)24-3/h4-11,19H,12H2,1-3H3,(H,24,26)/b22-18-/t19-/m1/s1. The average Bonchev–Trinajstić information content (AvgIpc) is 3.01. The number of amides is 2. The lowest BCUT2D eigenvalue weighted by atomic mass is 10.0. The zero-order valence-electron chi connectivity index (χ0n) is 16.0. The Hall–Kier alpha value is -3.04. The van der Waals surface area contributed by atoms with Crippen molar-refractivity contribution >= 4 is 29.3 Å². The van der Waals surface area contributed by atoms with Crippen LogP contribution < -0.4 is 10.2 Å². The van der Waals surface area contributed by atoms with Gasteiger partial charge in [0.05, 0.1) is 5.25 Å². The predicted molar refractivity (Wildman–Crippen MR) is 112 cm³/mol. The van der Waals surface area contributed by atoms with Crippen LogP contribution in [-0.2, 0) is 16.0 Å². The molecule has 0 bridgehead atoms. The Labute approximate surface area is 169 Å². The molecule has 1 fully saturated rings. The Bertz CT molecular complexity index is 990. The van der Waals surface area contributed by atoms with Crippen LogP contribution in [0.5, 0.6) is 0 Å². The predicted octanol–water partition coefficient (Wildman–Crippen LogP) is 3.48. The lowest BCUT2D eigenvalue weighted by Gasteiger charge is -2.18. The second-order valence-corrected chi connectivity index (χ2v) is 7.81. The fraction of sp³-hybridized carbons (Fsp3) is 0.227. The van der Waals surface area contributed by atoms with Crippen molar-refractivity contribution < 1.29 is 9.59 Å². The minimum atomic E-state index is -0.494. The number of hydrogen-bond acceptors (Lipinski definition) is 4. The highest BCUT2D eigenvalue weighted by Crippen LogP contribution is 2.42. The smallest absolute Gasteiger partial charge is 0.264 e. The summed E-state index contributed by atoms with van der Waals surface area (Å²) in [6.07, 6.45) is 0.536. The van der Waals surface area contributed by atoms with Crippen LogP contribution >= 0.6 is 11.8 Å². The van der Waals surface area contributed by atoms with Gasteiger partial charge in [-0.25, -0.2) is 0 Å². The van der Waals surface area contributed by atoms with E-state index in [-0.39, 0.29) is 11.5 Å². The first-order valence-corrected chi connectivity index (χ1v) is 9.82. The zero-order chi connectivity index (χ0) is 20.3. The van der Waals surface area contributed by atoms with E-state index in [1.165, 1.54) is 23.7 Å². The highest BCUT2D eigenvalue weighted by molar-refractivity contribution is 8.05. The van der Waals surface area contributed by atoms with Crippen LogP contribution in [0.3, 0.4) is 0 Å². The van der Waals surface area contributed by atoms with Crippen LogP contribution in [-0.4, -0.2) is 24.1 Å². The van der Waals surface area contributed by atoms with Crippen molar-refractivity contribution in [2.45, 2.75) is 25.5 Å². The minimum absolute atomic E-state index is 0.0475. The van der Waals surface area contributed by atoms with Gasteiger partial charge in [-0.15, -0.1) is 0 Å². The Morgan fingerprint density at radius 1 is 1.18 bits per heavy atom. The molecule has 3 rings (SSSR count). The van der Waals surface area contributed by atoms with Crippen LogP contribution in [0.4, 0.5) is 5.69 Å². The number of carbonyl (C=O) groups is 2. The molecule has 1 atom stereocenters. The summed E-state index contributed by atoms with van der Waals surface area (Å²) >= 11 is 1.28. The maximum absolute atomic E-state index is 13.3. The van der Waals surface area contributed by atoms with Crippen LogP contribution in [0.25, 0.3) is 0 Å². The Morgan fingerprint density at radius 2 is 1.86 bits per heavy atom. The molecule has 5 nitrogen and oxygen atoms in total. The van der Waals surface area contributed by atoms with E-state index in [4.69, 9.17) is 0 Å². The molecule has 2 aromatic carbocycles. The molecular weight excluding hydrogens is 370 g/mol. The Balaban J connectivity index is 2.06. The Kier molecular flexibility index (Phi) is 5.86. The first kappa shape index (κ1) is 19.7. The SMILES string of the molecule is CNC(=O)/C(C#N)=C1\S[C@H](Cc2ccccc2C)C(=O)N1c1ccc(C)cc1. The maximum atomic E-state index is 13.3. The highest BCUT2D eigenvalue weighted by Gasteiger charge is 2.40. The topological polar surface area (TPSA) is 73.2 Å². The summed E-state index contributed by atoms with van der Waals surface area (Å²) in [5.74, 6) is -0.616. The van der Waals surface area contributed by atoms with E-state index in [1.807, 2.05) is 68.4 Å². The van der Waals surface area contributed by atoms with E-state index in [9.17, 15) is 14.9 Å².